The van der Waals surface area contributed by atoms with Crippen LogP contribution in [0.4, 0.5) is 0 Å². The molecule has 2 N–H and O–H groups in total. The highest BCUT2D eigenvalue weighted by molar-refractivity contribution is 14.0. The number of halogens is 1. The molecule has 1 unspecified atom stereocenters. The average Bonchev–Trinajstić information content (AvgIpc) is 3.16. The van der Waals surface area contributed by atoms with Gasteiger partial charge < -0.3 is 10.6 Å². The number of rotatable bonds is 8. The van der Waals surface area contributed by atoms with Crippen molar-refractivity contribution in [2.24, 2.45) is 12.0 Å². The lowest BCUT2D eigenvalue weighted by atomic mass is 10.1. The van der Waals surface area contributed by atoms with Gasteiger partial charge in [-0.2, -0.15) is 10.2 Å². The molecular formula is C18H32IN7. The van der Waals surface area contributed by atoms with Crippen molar-refractivity contribution in [1.29, 1.82) is 0 Å². The van der Waals surface area contributed by atoms with E-state index in [0.29, 0.717) is 0 Å². The zero-order valence-corrected chi connectivity index (χ0v) is 18.8. The van der Waals surface area contributed by atoms with E-state index >= 15 is 0 Å². The minimum absolute atomic E-state index is 0. The quantitative estimate of drug-likeness (QED) is 0.268. The molecule has 0 aliphatic rings. The topological polar surface area (TPSA) is 72.1 Å². The molecule has 0 bridgehead atoms. The molecule has 0 saturated carbocycles. The minimum Gasteiger partial charge on any atom is -0.357 e. The Morgan fingerprint density at radius 3 is 2.69 bits per heavy atom. The van der Waals surface area contributed by atoms with Gasteiger partial charge in [-0.25, -0.2) is 0 Å². The molecule has 2 aromatic rings. The molecule has 146 valence electrons. The maximum atomic E-state index is 4.68. The summed E-state index contributed by atoms with van der Waals surface area (Å²) in [6, 6.07) is 2.23. The maximum Gasteiger partial charge on any atom is 0.191 e. The Balaban J connectivity index is 0.00000338. The first-order chi connectivity index (χ1) is 12.0. The van der Waals surface area contributed by atoms with Crippen LogP contribution in [0.2, 0.25) is 0 Å². The van der Waals surface area contributed by atoms with Gasteiger partial charge in [-0.1, -0.05) is 0 Å². The van der Waals surface area contributed by atoms with Crippen molar-refractivity contribution >= 4 is 29.9 Å². The maximum absolute atomic E-state index is 4.68. The van der Waals surface area contributed by atoms with Crippen molar-refractivity contribution < 1.29 is 0 Å². The van der Waals surface area contributed by atoms with E-state index in [9.17, 15) is 0 Å². The Labute approximate surface area is 173 Å². The van der Waals surface area contributed by atoms with Crippen LogP contribution in [0.1, 0.15) is 37.2 Å². The van der Waals surface area contributed by atoms with E-state index in [1.165, 1.54) is 11.3 Å². The van der Waals surface area contributed by atoms with E-state index in [4.69, 9.17) is 0 Å². The van der Waals surface area contributed by atoms with Crippen LogP contribution >= 0.6 is 24.0 Å². The smallest absolute Gasteiger partial charge is 0.191 e. The molecule has 2 heterocycles. The SMILES string of the molecule is CCNC(=NCCCn1cccn1)NC(C)Cc1c(C)nn(C)c1C.I. The van der Waals surface area contributed by atoms with E-state index in [1.54, 1.807) is 6.20 Å². The summed E-state index contributed by atoms with van der Waals surface area (Å²) in [5.74, 6) is 0.870. The van der Waals surface area contributed by atoms with Crippen molar-refractivity contribution in [3.05, 3.63) is 35.4 Å². The highest BCUT2D eigenvalue weighted by atomic mass is 127. The van der Waals surface area contributed by atoms with E-state index in [1.807, 2.05) is 28.7 Å². The highest BCUT2D eigenvalue weighted by Crippen LogP contribution is 2.14. The van der Waals surface area contributed by atoms with Crippen molar-refractivity contribution in [3.63, 3.8) is 0 Å². The summed E-state index contributed by atoms with van der Waals surface area (Å²) < 4.78 is 3.89. The predicted octanol–water partition coefficient (Wildman–Crippen LogP) is 2.43. The lowest BCUT2D eigenvalue weighted by Gasteiger charge is -2.18. The van der Waals surface area contributed by atoms with E-state index in [2.05, 4.69) is 53.5 Å². The predicted molar refractivity (Wildman–Crippen MR) is 117 cm³/mol. The second kappa shape index (κ2) is 11.2. The molecule has 0 aromatic carbocycles. The number of nitrogens with one attached hydrogen (secondary N) is 2. The Morgan fingerprint density at radius 1 is 1.35 bits per heavy atom. The summed E-state index contributed by atoms with van der Waals surface area (Å²) in [7, 11) is 2.00. The van der Waals surface area contributed by atoms with Crippen molar-refractivity contribution in [1.82, 2.24) is 30.2 Å². The average molecular weight is 473 g/mol. The Morgan fingerprint density at radius 2 is 2.12 bits per heavy atom. The molecule has 26 heavy (non-hydrogen) atoms. The molecule has 0 saturated heterocycles. The zero-order valence-electron chi connectivity index (χ0n) is 16.5. The lowest BCUT2D eigenvalue weighted by molar-refractivity contribution is 0.581. The monoisotopic (exact) mass is 473 g/mol. The Bertz CT molecular complexity index is 676. The first-order valence-electron chi connectivity index (χ1n) is 9.02. The normalized spacial score (nSPS) is 12.6. The fourth-order valence-corrected chi connectivity index (χ4v) is 2.88. The molecule has 0 aliphatic heterocycles. The van der Waals surface area contributed by atoms with Gasteiger partial charge in [0.25, 0.3) is 0 Å². The fraction of sp³-hybridized carbons (Fsp3) is 0.611. The van der Waals surface area contributed by atoms with Crippen molar-refractivity contribution in [2.45, 2.75) is 53.1 Å². The molecule has 0 spiro atoms. The second-order valence-electron chi connectivity index (χ2n) is 6.41. The van der Waals surface area contributed by atoms with Crippen LogP contribution in [0, 0.1) is 13.8 Å². The molecule has 2 aromatic heterocycles. The number of hydrogen-bond donors (Lipinski definition) is 2. The van der Waals surface area contributed by atoms with E-state index in [0.717, 1.165) is 44.1 Å². The summed E-state index contributed by atoms with van der Waals surface area (Å²) in [5, 5.41) is 15.5. The van der Waals surface area contributed by atoms with Crippen LogP contribution in [0.3, 0.4) is 0 Å². The van der Waals surface area contributed by atoms with Crippen LogP contribution < -0.4 is 10.6 Å². The van der Waals surface area contributed by atoms with Gasteiger partial charge in [0.15, 0.2) is 5.96 Å². The Kier molecular flexibility index (Phi) is 9.68. The van der Waals surface area contributed by atoms with Gasteiger partial charge in [0, 0.05) is 50.8 Å². The molecule has 0 aliphatic carbocycles. The molecule has 7 nitrogen and oxygen atoms in total. The molecule has 0 fully saturated rings. The third-order valence-corrected chi connectivity index (χ3v) is 4.27. The van der Waals surface area contributed by atoms with Gasteiger partial charge >= 0.3 is 0 Å². The fourth-order valence-electron chi connectivity index (χ4n) is 2.88. The molecule has 1 atom stereocenters. The summed E-state index contributed by atoms with van der Waals surface area (Å²) in [4.78, 5) is 4.68. The van der Waals surface area contributed by atoms with Gasteiger partial charge in [0.05, 0.1) is 5.69 Å². The minimum atomic E-state index is 0. The Hall–Kier alpha value is -1.58. The summed E-state index contributed by atoms with van der Waals surface area (Å²) in [6.07, 6.45) is 5.68. The number of aliphatic imine (C=N–C) groups is 1. The van der Waals surface area contributed by atoms with Gasteiger partial charge in [-0.3, -0.25) is 14.4 Å². The molecule has 8 heteroatoms. The molecule has 0 amide bonds. The first-order valence-corrected chi connectivity index (χ1v) is 9.02. The first kappa shape index (κ1) is 22.5. The summed E-state index contributed by atoms with van der Waals surface area (Å²) in [5.41, 5.74) is 3.65. The van der Waals surface area contributed by atoms with Crippen molar-refractivity contribution in [3.8, 4) is 0 Å². The van der Waals surface area contributed by atoms with Crippen molar-refractivity contribution in [2.75, 3.05) is 13.1 Å². The number of aryl methyl sites for hydroxylation is 3. The van der Waals surface area contributed by atoms with Gasteiger partial charge in [0.1, 0.15) is 0 Å². The number of nitrogens with zero attached hydrogens (tertiary/aromatic N) is 5. The van der Waals surface area contributed by atoms with Gasteiger partial charge in [-0.15, -0.1) is 24.0 Å². The molecule has 2 rings (SSSR count). The number of hydrogen-bond acceptors (Lipinski definition) is 3. The lowest BCUT2D eigenvalue weighted by Crippen LogP contribution is -2.43. The number of guanidine groups is 1. The zero-order chi connectivity index (χ0) is 18.2. The third kappa shape index (κ3) is 6.62. The van der Waals surface area contributed by atoms with Crippen LogP contribution in [0.25, 0.3) is 0 Å². The second-order valence-corrected chi connectivity index (χ2v) is 6.41. The standard InChI is InChI=1S/C18H31N7.HI/c1-6-19-18(20-9-7-11-25-12-8-10-21-25)22-14(2)13-17-15(3)23-24(5)16(17)4;/h8,10,12,14H,6-7,9,11,13H2,1-5H3,(H2,19,20,22);1H. The van der Waals surface area contributed by atoms with E-state index in [-0.39, 0.29) is 30.0 Å². The van der Waals surface area contributed by atoms with Crippen LogP contribution in [0.15, 0.2) is 23.5 Å². The van der Waals surface area contributed by atoms with Crippen LogP contribution in [-0.2, 0) is 20.0 Å². The highest BCUT2D eigenvalue weighted by Gasteiger charge is 2.13. The van der Waals surface area contributed by atoms with Crippen LogP contribution in [0.5, 0.6) is 0 Å². The molecule has 0 radical (unpaired) electrons. The van der Waals surface area contributed by atoms with Gasteiger partial charge in [-0.05, 0) is 52.2 Å². The largest absolute Gasteiger partial charge is 0.357 e. The van der Waals surface area contributed by atoms with E-state index < -0.39 is 0 Å². The summed E-state index contributed by atoms with van der Waals surface area (Å²) in [6.45, 7) is 11.0. The van der Waals surface area contributed by atoms with Crippen LogP contribution in [-0.4, -0.2) is 44.7 Å². The van der Waals surface area contributed by atoms with Gasteiger partial charge in [0.2, 0.25) is 0 Å². The number of aromatic nitrogens is 4. The summed E-state index contributed by atoms with van der Waals surface area (Å²) >= 11 is 0. The third-order valence-electron chi connectivity index (χ3n) is 4.27. The molecular weight excluding hydrogens is 441 g/mol.